The van der Waals surface area contributed by atoms with Gasteiger partial charge in [0.05, 0.1) is 7.11 Å². The summed E-state index contributed by atoms with van der Waals surface area (Å²) in [7, 11) is 1.53. The van der Waals surface area contributed by atoms with Gasteiger partial charge in [0, 0.05) is 23.8 Å². The summed E-state index contributed by atoms with van der Waals surface area (Å²) in [6.45, 7) is 6.08. The molecule has 0 saturated carbocycles. The van der Waals surface area contributed by atoms with E-state index in [1.54, 1.807) is 12.3 Å². The van der Waals surface area contributed by atoms with Crippen molar-refractivity contribution in [1.82, 2.24) is 9.88 Å². The summed E-state index contributed by atoms with van der Waals surface area (Å²) in [5.74, 6) is 0.388. The molecular formula is C14H19BrN2O2. The van der Waals surface area contributed by atoms with Crippen molar-refractivity contribution in [3.8, 4) is 5.88 Å². The van der Waals surface area contributed by atoms with Crippen LogP contribution in [-0.4, -0.2) is 36.0 Å². The van der Waals surface area contributed by atoms with Gasteiger partial charge in [0.1, 0.15) is 5.56 Å². The molecule has 1 aliphatic heterocycles. The molecule has 1 aliphatic rings. The van der Waals surface area contributed by atoms with Crippen molar-refractivity contribution in [3.63, 3.8) is 0 Å². The molecule has 0 N–H and O–H groups in total. The molecule has 0 radical (unpaired) electrons. The Balaban J connectivity index is 2.18. The second kappa shape index (κ2) is 5.49. The van der Waals surface area contributed by atoms with Gasteiger partial charge in [-0.1, -0.05) is 13.8 Å². The van der Waals surface area contributed by atoms with E-state index in [-0.39, 0.29) is 5.91 Å². The van der Waals surface area contributed by atoms with Crippen LogP contribution in [-0.2, 0) is 0 Å². The van der Waals surface area contributed by atoms with Crippen LogP contribution < -0.4 is 4.74 Å². The largest absolute Gasteiger partial charge is 0.480 e. The number of pyridine rings is 1. The number of carbonyl (C=O) groups excluding carboxylic acids is 1. The van der Waals surface area contributed by atoms with Crippen LogP contribution in [0.25, 0.3) is 0 Å². The van der Waals surface area contributed by atoms with Crippen molar-refractivity contribution in [2.75, 3.05) is 20.2 Å². The smallest absolute Gasteiger partial charge is 0.259 e. The molecule has 0 aliphatic carbocycles. The fourth-order valence-electron chi connectivity index (χ4n) is 2.23. The lowest BCUT2D eigenvalue weighted by Gasteiger charge is -2.37. The van der Waals surface area contributed by atoms with Crippen molar-refractivity contribution in [2.24, 2.45) is 5.41 Å². The number of rotatable bonds is 2. The second-order valence-corrected chi connectivity index (χ2v) is 6.58. The van der Waals surface area contributed by atoms with Crippen molar-refractivity contribution in [2.45, 2.75) is 26.7 Å². The van der Waals surface area contributed by atoms with Crippen molar-refractivity contribution in [3.05, 3.63) is 22.3 Å². The maximum absolute atomic E-state index is 12.5. The molecule has 2 rings (SSSR count). The summed E-state index contributed by atoms with van der Waals surface area (Å²) < 4.78 is 5.96. The third-order valence-corrected chi connectivity index (χ3v) is 4.08. The molecule has 19 heavy (non-hydrogen) atoms. The summed E-state index contributed by atoms with van der Waals surface area (Å²) in [6.07, 6.45) is 3.69. The first-order valence-corrected chi connectivity index (χ1v) is 7.21. The lowest BCUT2D eigenvalue weighted by molar-refractivity contribution is 0.0626. The Labute approximate surface area is 122 Å². The Morgan fingerprint density at radius 3 is 2.63 bits per heavy atom. The third-order valence-electron chi connectivity index (χ3n) is 3.65. The molecule has 4 nitrogen and oxygen atoms in total. The lowest BCUT2D eigenvalue weighted by atomic mass is 9.82. The Kier molecular flexibility index (Phi) is 4.13. The number of likely N-dealkylation sites (tertiary alicyclic amines) is 1. The molecule has 104 valence electrons. The SMILES string of the molecule is COc1ncc(Br)cc1C(=O)N1CCC(C)(C)CC1. The van der Waals surface area contributed by atoms with Crippen molar-refractivity contribution < 1.29 is 9.53 Å². The molecule has 1 saturated heterocycles. The van der Waals surface area contributed by atoms with Gasteiger partial charge < -0.3 is 9.64 Å². The topological polar surface area (TPSA) is 42.4 Å². The Morgan fingerprint density at radius 2 is 2.05 bits per heavy atom. The molecule has 0 spiro atoms. The predicted octanol–water partition coefficient (Wildman–Crippen LogP) is 3.11. The summed E-state index contributed by atoms with van der Waals surface area (Å²) in [5.41, 5.74) is 0.854. The van der Waals surface area contributed by atoms with Crippen LogP contribution in [0.5, 0.6) is 5.88 Å². The predicted molar refractivity (Wildman–Crippen MR) is 77.4 cm³/mol. The van der Waals surface area contributed by atoms with Crippen LogP contribution in [0.3, 0.4) is 0 Å². The van der Waals surface area contributed by atoms with Crippen LogP contribution in [0.1, 0.15) is 37.0 Å². The first-order chi connectivity index (χ1) is 8.93. The number of hydrogen-bond acceptors (Lipinski definition) is 3. The molecule has 0 atom stereocenters. The highest BCUT2D eigenvalue weighted by Gasteiger charge is 2.29. The fourth-order valence-corrected chi connectivity index (χ4v) is 2.56. The van der Waals surface area contributed by atoms with E-state index in [9.17, 15) is 4.79 Å². The maximum Gasteiger partial charge on any atom is 0.259 e. The van der Waals surface area contributed by atoms with Crippen LogP contribution in [0.15, 0.2) is 16.7 Å². The minimum atomic E-state index is 0.00106. The Bertz CT molecular complexity index is 478. The number of nitrogens with zero attached hydrogens (tertiary/aromatic N) is 2. The zero-order valence-corrected chi connectivity index (χ0v) is 13.2. The van der Waals surface area contributed by atoms with Gasteiger partial charge >= 0.3 is 0 Å². The van der Waals surface area contributed by atoms with Gasteiger partial charge in [-0.05, 0) is 40.3 Å². The minimum Gasteiger partial charge on any atom is -0.480 e. The maximum atomic E-state index is 12.5. The normalized spacial score (nSPS) is 18.2. The number of halogens is 1. The van der Waals surface area contributed by atoms with Gasteiger partial charge in [-0.15, -0.1) is 0 Å². The van der Waals surface area contributed by atoms with Gasteiger partial charge in [0.25, 0.3) is 5.91 Å². The fraction of sp³-hybridized carbons (Fsp3) is 0.571. The number of methoxy groups -OCH3 is 1. The van der Waals surface area contributed by atoms with Crippen LogP contribution in [0.2, 0.25) is 0 Å². The first-order valence-electron chi connectivity index (χ1n) is 6.42. The molecule has 0 bridgehead atoms. The number of ether oxygens (including phenoxy) is 1. The van der Waals surface area contributed by atoms with E-state index in [0.29, 0.717) is 16.9 Å². The Morgan fingerprint density at radius 1 is 1.42 bits per heavy atom. The average Bonchev–Trinajstić information content (AvgIpc) is 2.38. The van der Waals surface area contributed by atoms with Crippen LogP contribution in [0.4, 0.5) is 0 Å². The Hall–Kier alpha value is -1.10. The second-order valence-electron chi connectivity index (χ2n) is 5.67. The summed E-state index contributed by atoms with van der Waals surface area (Å²) in [5, 5.41) is 0. The molecule has 1 aromatic rings. The van der Waals surface area contributed by atoms with E-state index >= 15 is 0 Å². The van der Waals surface area contributed by atoms with Gasteiger partial charge in [0.2, 0.25) is 5.88 Å². The highest BCUT2D eigenvalue weighted by Crippen LogP contribution is 2.31. The number of piperidine rings is 1. The quantitative estimate of drug-likeness (QED) is 0.838. The number of amides is 1. The highest BCUT2D eigenvalue weighted by atomic mass is 79.9. The van der Waals surface area contributed by atoms with Gasteiger partial charge in [-0.2, -0.15) is 0 Å². The zero-order valence-electron chi connectivity index (χ0n) is 11.6. The van der Waals surface area contributed by atoms with Crippen molar-refractivity contribution in [1.29, 1.82) is 0 Å². The number of carbonyl (C=O) groups is 1. The molecular weight excluding hydrogens is 308 g/mol. The van der Waals surface area contributed by atoms with Crippen LogP contribution in [0, 0.1) is 5.41 Å². The number of hydrogen-bond donors (Lipinski definition) is 0. The van der Waals surface area contributed by atoms with E-state index in [2.05, 4.69) is 34.8 Å². The lowest BCUT2D eigenvalue weighted by Crippen LogP contribution is -2.41. The third kappa shape index (κ3) is 3.26. The van der Waals surface area contributed by atoms with Gasteiger partial charge in [-0.3, -0.25) is 4.79 Å². The standard InChI is InChI=1S/C14H19BrN2O2/c1-14(2)4-6-17(7-5-14)13(18)11-8-10(15)9-16-12(11)19-3/h8-9H,4-7H2,1-3H3. The van der Waals surface area contributed by atoms with Crippen LogP contribution >= 0.6 is 15.9 Å². The minimum absolute atomic E-state index is 0.00106. The molecule has 0 unspecified atom stereocenters. The molecule has 1 amide bonds. The van der Waals surface area contributed by atoms with E-state index in [1.807, 2.05) is 4.90 Å². The molecule has 1 aromatic heterocycles. The average molecular weight is 327 g/mol. The molecule has 2 heterocycles. The van der Waals surface area contributed by atoms with Crippen molar-refractivity contribution >= 4 is 21.8 Å². The molecule has 1 fully saturated rings. The highest BCUT2D eigenvalue weighted by molar-refractivity contribution is 9.10. The van der Waals surface area contributed by atoms with Gasteiger partial charge in [0.15, 0.2) is 0 Å². The van der Waals surface area contributed by atoms with Gasteiger partial charge in [-0.25, -0.2) is 4.98 Å². The number of aromatic nitrogens is 1. The first kappa shape index (κ1) is 14.3. The molecule has 0 aromatic carbocycles. The summed E-state index contributed by atoms with van der Waals surface area (Å²) >= 11 is 3.35. The van der Waals surface area contributed by atoms with E-state index in [0.717, 1.165) is 30.4 Å². The summed E-state index contributed by atoms with van der Waals surface area (Å²) in [6, 6.07) is 1.77. The van der Waals surface area contributed by atoms with E-state index < -0.39 is 0 Å². The zero-order chi connectivity index (χ0) is 14.0. The summed E-state index contributed by atoms with van der Waals surface area (Å²) in [4.78, 5) is 18.5. The molecule has 5 heteroatoms. The van der Waals surface area contributed by atoms with E-state index in [1.165, 1.54) is 7.11 Å². The monoisotopic (exact) mass is 326 g/mol. The van der Waals surface area contributed by atoms with E-state index in [4.69, 9.17) is 4.74 Å².